The molecule has 342 valence electrons. The van der Waals surface area contributed by atoms with Crippen LogP contribution in [-0.4, -0.2) is 105 Å². The van der Waals surface area contributed by atoms with Gasteiger partial charge in [0.1, 0.15) is 35.3 Å². The van der Waals surface area contributed by atoms with Gasteiger partial charge in [-0.25, -0.2) is 15.0 Å². The largest absolute Gasteiger partial charge is 0.416 e. The van der Waals surface area contributed by atoms with Crippen molar-refractivity contribution in [2.75, 3.05) is 34.3 Å². The lowest BCUT2D eigenvalue weighted by Gasteiger charge is -2.45. The van der Waals surface area contributed by atoms with Gasteiger partial charge in [0.25, 0.3) is 0 Å². The smallest absolute Gasteiger partial charge is 0.382 e. The van der Waals surface area contributed by atoms with Crippen LogP contribution < -0.4 is 14.7 Å². The number of aliphatic hydroxyl groups excluding tert-OH is 3. The Balaban J connectivity index is 0.000000147. The predicted octanol–water partition coefficient (Wildman–Crippen LogP) is 7.83. The minimum Gasteiger partial charge on any atom is -0.382 e. The molecule has 3 fully saturated rings. The predicted molar refractivity (Wildman–Crippen MR) is 223 cm³/mol. The van der Waals surface area contributed by atoms with Gasteiger partial charge in [-0.2, -0.15) is 55.3 Å². The lowest BCUT2D eigenvalue weighted by atomic mass is 9.95. The fourth-order valence-corrected chi connectivity index (χ4v) is 8.12. The first-order valence-corrected chi connectivity index (χ1v) is 20.2. The average Bonchev–Trinajstić information content (AvgIpc) is 3.23. The second kappa shape index (κ2) is 18.5. The molecule has 12 nitrogen and oxygen atoms in total. The third-order valence-corrected chi connectivity index (χ3v) is 11.9. The van der Waals surface area contributed by atoms with E-state index in [-0.39, 0.29) is 17.1 Å². The Kier molecular flexibility index (Phi) is 13.2. The summed E-state index contributed by atoms with van der Waals surface area (Å²) in [5.41, 5.74) is 2.63. The summed E-state index contributed by atoms with van der Waals surface area (Å²) in [7, 11) is 0. The molecule has 9 rings (SSSR count). The van der Waals surface area contributed by atoms with Crippen LogP contribution in [0.2, 0.25) is 0 Å². The van der Waals surface area contributed by atoms with Crippen molar-refractivity contribution in [2.24, 2.45) is 0 Å². The quantitative estimate of drug-likeness (QED) is 0.138. The van der Waals surface area contributed by atoms with E-state index in [0.717, 1.165) is 16.2 Å². The fraction of sp³-hybridized carbons (Fsp3) is 0.333. The fourth-order valence-electron chi connectivity index (χ4n) is 8.12. The first-order valence-electron chi connectivity index (χ1n) is 20.2. The molecule has 6 aromatic rings. The van der Waals surface area contributed by atoms with Gasteiger partial charge in [-0.05, 0) is 108 Å². The topological polar surface area (TPSA) is 180 Å². The van der Waals surface area contributed by atoms with Crippen molar-refractivity contribution in [3.8, 4) is 18.2 Å². The van der Waals surface area contributed by atoms with Crippen LogP contribution in [0.5, 0.6) is 0 Å². The molecule has 3 saturated heterocycles. The third kappa shape index (κ3) is 9.53. The van der Waals surface area contributed by atoms with Gasteiger partial charge >= 0.3 is 18.5 Å². The third-order valence-electron chi connectivity index (χ3n) is 11.9. The van der Waals surface area contributed by atoms with Crippen molar-refractivity contribution in [1.29, 1.82) is 15.8 Å². The Hall–Kier alpha value is -6.99. The number of aliphatic hydroxyl groups is 3. The first kappa shape index (κ1) is 47.0. The molecule has 3 aromatic heterocycles. The van der Waals surface area contributed by atoms with E-state index >= 15 is 0 Å². The number of halogens is 9. The molecule has 0 aliphatic carbocycles. The number of pyridine rings is 3. The highest BCUT2D eigenvalue weighted by Gasteiger charge is 2.51. The number of nitrogens with zero attached hydrogens (tertiary/aromatic N) is 9. The maximum atomic E-state index is 12.6. The van der Waals surface area contributed by atoms with E-state index in [1.54, 1.807) is 72.8 Å². The van der Waals surface area contributed by atoms with Crippen LogP contribution in [0, 0.1) is 34.0 Å². The molecule has 6 atom stereocenters. The van der Waals surface area contributed by atoms with Crippen LogP contribution in [0.4, 0.5) is 56.6 Å². The van der Waals surface area contributed by atoms with Crippen LogP contribution in [0.25, 0.3) is 32.3 Å². The van der Waals surface area contributed by atoms with Crippen LogP contribution in [0.15, 0.2) is 91.4 Å². The first-order chi connectivity index (χ1) is 31.2. The van der Waals surface area contributed by atoms with Gasteiger partial charge in [-0.1, -0.05) is 0 Å². The minimum atomic E-state index is -4.63. The zero-order valence-corrected chi connectivity index (χ0v) is 34.1. The number of aromatic nitrogens is 3. The number of fused-ring (bicyclic) bond motifs is 3. The molecule has 0 spiro atoms. The zero-order chi connectivity index (χ0) is 47.7. The van der Waals surface area contributed by atoms with Gasteiger partial charge in [0.2, 0.25) is 0 Å². The number of anilines is 3. The molecule has 66 heavy (non-hydrogen) atoms. The van der Waals surface area contributed by atoms with Gasteiger partial charge in [-0.3, -0.25) is 0 Å². The van der Waals surface area contributed by atoms with E-state index in [1.807, 2.05) is 18.2 Å². The summed E-state index contributed by atoms with van der Waals surface area (Å²) in [6.07, 6.45) is -15.6. The van der Waals surface area contributed by atoms with Gasteiger partial charge in [0.15, 0.2) is 18.3 Å². The standard InChI is InChI=1S/3C15H12F3N3O/c3*16-15(17,18)14(22)13-4-6-21(13)10-1-2-11-9(7-10)3-5-20-12(11)8-19/h3*1-3,5,7,13-14,22H,4,6H2/t2*13-,14+;13-,14-/m100/s1. The number of benzene rings is 3. The summed E-state index contributed by atoms with van der Waals surface area (Å²) in [5, 5.41) is 59.4. The van der Waals surface area contributed by atoms with E-state index in [4.69, 9.17) is 15.8 Å². The molecule has 3 aromatic carbocycles. The Morgan fingerprint density at radius 1 is 0.455 bits per heavy atom. The number of nitriles is 3. The van der Waals surface area contributed by atoms with Crippen molar-refractivity contribution in [3.05, 3.63) is 108 Å². The molecule has 0 bridgehead atoms. The van der Waals surface area contributed by atoms with Crippen LogP contribution in [0.3, 0.4) is 0 Å². The van der Waals surface area contributed by atoms with Gasteiger partial charge < -0.3 is 30.0 Å². The van der Waals surface area contributed by atoms with Crippen molar-refractivity contribution < 1.29 is 54.8 Å². The van der Waals surface area contributed by atoms with Crippen molar-refractivity contribution in [3.63, 3.8) is 0 Å². The molecular weight excluding hydrogens is 886 g/mol. The molecular formula is C45H36F9N9O3. The Bertz CT molecular complexity index is 2570. The number of rotatable bonds is 6. The molecule has 3 aliphatic rings. The summed E-state index contributed by atoms with van der Waals surface area (Å²) in [6, 6.07) is 23.3. The maximum absolute atomic E-state index is 12.6. The monoisotopic (exact) mass is 921 g/mol. The van der Waals surface area contributed by atoms with E-state index < -0.39 is 55.0 Å². The molecule has 0 unspecified atom stereocenters. The normalized spacial score (nSPS) is 19.6. The minimum absolute atomic E-state index is 0.277. The number of hydrogen-bond donors (Lipinski definition) is 3. The van der Waals surface area contributed by atoms with Crippen LogP contribution >= 0.6 is 0 Å². The lowest BCUT2D eigenvalue weighted by Crippen LogP contribution is -2.58. The summed E-state index contributed by atoms with van der Waals surface area (Å²) < 4.78 is 114. The second-order valence-electron chi connectivity index (χ2n) is 15.6. The van der Waals surface area contributed by atoms with Crippen molar-refractivity contribution in [2.45, 2.75) is 74.2 Å². The molecule has 3 N–H and O–H groups in total. The maximum Gasteiger partial charge on any atom is 0.416 e. The Labute approximate surface area is 369 Å². The number of hydrogen-bond acceptors (Lipinski definition) is 12. The molecule has 0 radical (unpaired) electrons. The van der Waals surface area contributed by atoms with Crippen LogP contribution in [-0.2, 0) is 0 Å². The molecule has 0 saturated carbocycles. The van der Waals surface area contributed by atoms with Gasteiger partial charge in [0.05, 0.1) is 18.1 Å². The van der Waals surface area contributed by atoms with Gasteiger partial charge in [0, 0.05) is 71.4 Å². The van der Waals surface area contributed by atoms with Crippen molar-refractivity contribution >= 4 is 49.4 Å². The SMILES string of the molecule is N#Cc1nccc2cc(N3CC[C@@H]3[C@H](O)C(F)(F)F)ccc12.N#Cc1nccc2cc(N3CC[C@H]3[C@@H](O)C(F)(F)F)ccc12.N#Cc1nccc2cc(N3CC[C@H]3[C@H](O)C(F)(F)F)ccc12. The Morgan fingerprint density at radius 3 is 0.909 bits per heavy atom. The van der Waals surface area contributed by atoms with E-state index in [0.29, 0.717) is 72.1 Å². The van der Waals surface area contributed by atoms with E-state index in [1.165, 1.54) is 33.3 Å². The highest BCUT2D eigenvalue weighted by Crippen LogP contribution is 2.39. The van der Waals surface area contributed by atoms with Crippen LogP contribution in [0.1, 0.15) is 36.3 Å². The van der Waals surface area contributed by atoms with E-state index in [9.17, 15) is 54.8 Å². The summed E-state index contributed by atoms with van der Waals surface area (Å²) in [5.74, 6) is 0. The molecule has 6 heterocycles. The van der Waals surface area contributed by atoms with Crippen molar-refractivity contribution in [1.82, 2.24) is 15.0 Å². The molecule has 3 aliphatic heterocycles. The Morgan fingerprint density at radius 2 is 0.712 bits per heavy atom. The zero-order valence-electron chi connectivity index (χ0n) is 34.1. The van der Waals surface area contributed by atoms with E-state index in [2.05, 4.69) is 15.0 Å². The highest BCUT2D eigenvalue weighted by molar-refractivity contribution is 5.91. The summed E-state index contributed by atoms with van der Waals surface area (Å²) in [4.78, 5) is 16.4. The molecule has 21 heteroatoms. The molecule has 0 amide bonds. The summed E-state index contributed by atoms with van der Waals surface area (Å²) >= 11 is 0. The average molecular weight is 922 g/mol. The lowest BCUT2D eigenvalue weighted by molar-refractivity contribution is -0.213. The number of alkyl halides is 9. The summed E-state index contributed by atoms with van der Waals surface area (Å²) in [6.45, 7) is 1.37. The highest BCUT2D eigenvalue weighted by atomic mass is 19.4. The second-order valence-corrected chi connectivity index (χ2v) is 15.6. The van der Waals surface area contributed by atoms with Gasteiger partial charge in [-0.15, -0.1) is 0 Å².